The van der Waals surface area contributed by atoms with E-state index in [-0.39, 0.29) is 11.6 Å². The molecule has 20 heavy (non-hydrogen) atoms. The zero-order chi connectivity index (χ0) is 15.1. The predicted molar refractivity (Wildman–Crippen MR) is 79.1 cm³/mol. The van der Waals surface area contributed by atoms with Gasteiger partial charge in [-0.1, -0.05) is 11.6 Å². The summed E-state index contributed by atoms with van der Waals surface area (Å²) in [5.41, 5.74) is 0.277. The fourth-order valence-corrected chi connectivity index (χ4v) is 2.01. The number of nitro groups is 1. The van der Waals surface area contributed by atoms with Crippen molar-refractivity contribution >= 4 is 28.9 Å². The molecule has 1 rings (SSSR count). The van der Waals surface area contributed by atoms with Crippen molar-refractivity contribution in [1.82, 2.24) is 4.90 Å². The van der Waals surface area contributed by atoms with Crippen LogP contribution in [0.4, 0.5) is 11.4 Å². The number of carbonyl (C=O) groups is 1. The van der Waals surface area contributed by atoms with Crippen molar-refractivity contribution in [2.75, 3.05) is 25.0 Å². The maximum Gasteiger partial charge on any atom is 0.293 e. The lowest BCUT2D eigenvalue weighted by molar-refractivity contribution is -0.383. The van der Waals surface area contributed by atoms with Gasteiger partial charge in [-0.05, 0) is 26.0 Å². The number of nitro benzene ring substituents is 1. The van der Waals surface area contributed by atoms with Gasteiger partial charge in [-0.15, -0.1) is 0 Å². The Hall–Kier alpha value is -1.82. The molecule has 0 bridgehead atoms. The zero-order valence-electron chi connectivity index (χ0n) is 11.6. The summed E-state index contributed by atoms with van der Waals surface area (Å²) >= 11 is 5.73. The van der Waals surface area contributed by atoms with Gasteiger partial charge in [0.15, 0.2) is 0 Å². The Morgan fingerprint density at radius 1 is 1.40 bits per heavy atom. The Kier molecular flexibility index (Phi) is 6.24. The Labute approximate surface area is 122 Å². The molecule has 6 nitrogen and oxygen atoms in total. The van der Waals surface area contributed by atoms with Gasteiger partial charge in [-0.3, -0.25) is 14.9 Å². The molecule has 1 aromatic carbocycles. The van der Waals surface area contributed by atoms with Crippen LogP contribution in [0.2, 0.25) is 5.02 Å². The lowest BCUT2D eigenvalue weighted by Gasteiger charge is -2.18. The van der Waals surface area contributed by atoms with E-state index >= 15 is 0 Å². The van der Waals surface area contributed by atoms with E-state index in [1.165, 1.54) is 6.07 Å². The number of benzene rings is 1. The topological polar surface area (TPSA) is 75.5 Å². The molecule has 0 radical (unpaired) electrons. The van der Waals surface area contributed by atoms with Crippen LogP contribution in [-0.2, 0) is 4.79 Å². The largest absolute Gasteiger partial charge is 0.379 e. The number of hydrogen-bond acceptors (Lipinski definition) is 4. The first kappa shape index (κ1) is 16.2. The minimum Gasteiger partial charge on any atom is -0.379 e. The quantitative estimate of drug-likeness (QED) is 0.620. The minimum atomic E-state index is -0.500. The van der Waals surface area contributed by atoms with Crippen molar-refractivity contribution in [2.45, 2.75) is 20.3 Å². The van der Waals surface area contributed by atoms with Crippen molar-refractivity contribution in [3.05, 3.63) is 33.3 Å². The van der Waals surface area contributed by atoms with Gasteiger partial charge in [0.25, 0.3) is 5.69 Å². The molecule has 0 saturated carbocycles. The highest BCUT2D eigenvalue weighted by Crippen LogP contribution is 2.27. The minimum absolute atomic E-state index is 0.0270. The maximum absolute atomic E-state index is 11.8. The SMILES string of the molecule is CCN(CC)C(=O)CCNc1ccc(Cl)cc1[N+](=O)[O-]. The van der Waals surface area contributed by atoms with E-state index in [0.29, 0.717) is 36.8 Å². The predicted octanol–water partition coefficient (Wildman–Crippen LogP) is 2.92. The average molecular weight is 300 g/mol. The summed E-state index contributed by atoms with van der Waals surface area (Å²) in [5.74, 6) is 0.0270. The third kappa shape index (κ3) is 4.38. The Bertz CT molecular complexity index is 490. The van der Waals surface area contributed by atoms with E-state index in [4.69, 9.17) is 11.6 Å². The van der Waals surface area contributed by atoms with Crippen LogP contribution in [-0.4, -0.2) is 35.4 Å². The van der Waals surface area contributed by atoms with E-state index in [1.807, 2.05) is 13.8 Å². The summed E-state index contributed by atoms with van der Waals surface area (Å²) in [5, 5.41) is 14.1. The maximum atomic E-state index is 11.8. The molecule has 110 valence electrons. The van der Waals surface area contributed by atoms with Crippen molar-refractivity contribution in [3.8, 4) is 0 Å². The van der Waals surface area contributed by atoms with Crippen LogP contribution in [0.25, 0.3) is 0 Å². The first-order valence-corrected chi connectivity index (χ1v) is 6.83. The molecule has 0 fully saturated rings. The number of nitrogens with one attached hydrogen (secondary N) is 1. The molecule has 0 unspecified atom stereocenters. The van der Waals surface area contributed by atoms with Gasteiger partial charge < -0.3 is 10.2 Å². The Morgan fingerprint density at radius 2 is 2.05 bits per heavy atom. The van der Waals surface area contributed by atoms with Gasteiger partial charge in [0, 0.05) is 37.1 Å². The van der Waals surface area contributed by atoms with Gasteiger partial charge in [-0.25, -0.2) is 0 Å². The lowest BCUT2D eigenvalue weighted by atomic mass is 10.2. The highest BCUT2D eigenvalue weighted by Gasteiger charge is 2.15. The molecule has 0 saturated heterocycles. The number of hydrogen-bond donors (Lipinski definition) is 1. The zero-order valence-corrected chi connectivity index (χ0v) is 12.3. The van der Waals surface area contributed by atoms with Crippen LogP contribution in [0.1, 0.15) is 20.3 Å². The van der Waals surface area contributed by atoms with Gasteiger partial charge in [0.1, 0.15) is 5.69 Å². The number of carbonyl (C=O) groups excluding carboxylic acids is 1. The molecule has 0 atom stereocenters. The number of anilines is 1. The highest BCUT2D eigenvalue weighted by molar-refractivity contribution is 6.30. The first-order chi connectivity index (χ1) is 9.49. The summed E-state index contributed by atoms with van der Waals surface area (Å²) in [6.45, 7) is 5.50. The normalized spacial score (nSPS) is 10.2. The summed E-state index contributed by atoms with van der Waals surface area (Å²) in [7, 11) is 0. The van der Waals surface area contributed by atoms with Crippen LogP contribution >= 0.6 is 11.6 Å². The van der Waals surface area contributed by atoms with E-state index in [1.54, 1.807) is 17.0 Å². The summed E-state index contributed by atoms with van der Waals surface area (Å²) in [6, 6.07) is 4.40. The highest BCUT2D eigenvalue weighted by atomic mass is 35.5. The Balaban J connectivity index is 2.62. The molecule has 0 aliphatic heterocycles. The van der Waals surface area contributed by atoms with E-state index < -0.39 is 4.92 Å². The van der Waals surface area contributed by atoms with E-state index in [2.05, 4.69) is 5.32 Å². The van der Waals surface area contributed by atoms with E-state index in [0.717, 1.165) is 0 Å². The molecule has 1 N–H and O–H groups in total. The van der Waals surface area contributed by atoms with Gasteiger partial charge >= 0.3 is 0 Å². The van der Waals surface area contributed by atoms with Crippen LogP contribution in [0.5, 0.6) is 0 Å². The van der Waals surface area contributed by atoms with Crippen molar-refractivity contribution in [2.24, 2.45) is 0 Å². The Morgan fingerprint density at radius 3 is 2.60 bits per heavy atom. The van der Waals surface area contributed by atoms with Gasteiger partial charge in [-0.2, -0.15) is 0 Å². The number of nitrogens with zero attached hydrogens (tertiary/aromatic N) is 2. The molecule has 1 amide bonds. The smallest absolute Gasteiger partial charge is 0.293 e. The van der Waals surface area contributed by atoms with Crippen LogP contribution in [0.15, 0.2) is 18.2 Å². The van der Waals surface area contributed by atoms with Gasteiger partial charge in [0.05, 0.1) is 4.92 Å². The van der Waals surface area contributed by atoms with E-state index in [9.17, 15) is 14.9 Å². The standard InChI is InChI=1S/C13H18ClN3O3/c1-3-16(4-2)13(18)7-8-15-11-6-5-10(14)9-12(11)17(19)20/h5-6,9,15H,3-4,7-8H2,1-2H3. The second-order valence-corrected chi connectivity index (χ2v) is 4.60. The molecule has 7 heteroatoms. The second kappa shape index (κ2) is 7.69. The molecule has 0 aromatic heterocycles. The molecule has 1 aromatic rings. The van der Waals surface area contributed by atoms with Crippen LogP contribution in [0, 0.1) is 10.1 Å². The second-order valence-electron chi connectivity index (χ2n) is 4.16. The van der Waals surface area contributed by atoms with Crippen molar-refractivity contribution < 1.29 is 9.72 Å². The summed E-state index contributed by atoms with van der Waals surface area (Å²) in [4.78, 5) is 23.9. The first-order valence-electron chi connectivity index (χ1n) is 6.45. The molecule has 0 heterocycles. The lowest BCUT2D eigenvalue weighted by Crippen LogP contribution is -2.31. The van der Waals surface area contributed by atoms with Gasteiger partial charge in [0.2, 0.25) is 5.91 Å². The molecule has 0 aliphatic carbocycles. The third-order valence-corrected chi connectivity index (χ3v) is 3.16. The fraction of sp³-hybridized carbons (Fsp3) is 0.462. The summed E-state index contributed by atoms with van der Waals surface area (Å²) in [6.07, 6.45) is 0.293. The number of halogens is 1. The molecular weight excluding hydrogens is 282 g/mol. The van der Waals surface area contributed by atoms with Crippen molar-refractivity contribution in [3.63, 3.8) is 0 Å². The molecule has 0 spiro atoms. The van der Waals surface area contributed by atoms with Crippen LogP contribution in [0.3, 0.4) is 0 Å². The monoisotopic (exact) mass is 299 g/mol. The van der Waals surface area contributed by atoms with Crippen molar-refractivity contribution in [1.29, 1.82) is 0 Å². The molecule has 0 aliphatic rings. The van der Waals surface area contributed by atoms with Crippen LogP contribution < -0.4 is 5.32 Å². The summed E-state index contributed by atoms with van der Waals surface area (Å²) < 4.78 is 0. The third-order valence-electron chi connectivity index (χ3n) is 2.93. The fourth-order valence-electron chi connectivity index (χ4n) is 1.84. The number of rotatable bonds is 7. The average Bonchev–Trinajstić information content (AvgIpc) is 2.41. The molecular formula is C13H18ClN3O3. The number of amides is 1.